The zero-order valence-electron chi connectivity index (χ0n) is 44.6. The maximum absolute atomic E-state index is 14.4. The van der Waals surface area contributed by atoms with Crippen molar-refractivity contribution >= 4 is 47.1 Å². The number of nitrogens with two attached hydrogens (primary N) is 1. The number of esters is 1. The molecule has 0 radical (unpaired) electrons. The molecular weight excluding hydrogens is 905 g/mol. The summed E-state index contributed by atoms with van der Waals surface area (Å²) in [6.45, 7) is 19.9. The number of Topliss-reactive ketones (excluding diaryl/α,β-unsaturated/α-hetero) is 3. The molecular formula is C56H86N4O11. The molecule has 0 aliphatic heterocycles. The van der Waals surface area contributed by atoms with Crippen LogP contribution in [0.5, 0.6) is 0 Å². The maximum atomic E-state index is 14.4. The number of carbonyl (C=O) groups excluding carboxylic acids is 8. The molecule has 0 aromatic heterocycles. The lowest BCUT2D eigenvalue weighted by Gasteiger charge is -2.25. The van der Waals surface area contributed by atoms with E-state index < -0.39 is 82.5 Å². The fourth-order valence-corrected chi connectivity index (χ4v) is 8.02. The van der Waals surface area contributed by atoms with Crippen LogP contribution in [0.2, 0.25) is 0 Å². The third kappa shape index (κ3) is 25.0. The molecule has 0 aliphatic rings. The number of carbonyl (C=O) groups is 8. The van der Waals surface area contributed by atoms with E-state index in [4.69, 9.17) is 15.2 Å². The average Bonchev–Trinajstić information content (AvgIpc) is 3.27. The smallest absolute Gasteiger partial charge is 0.407 e. The number of hydrogen-bond acceptors (Lipinski definition) is 11. The summed E-state index contributed by atoms with van der Waals surface area (Å²) in [7, 11) is 0. The highest BCUT2D eigenvalue weighted by atomic mass is 16.6. The second-order valence-electron chi connectivity index (χ2n) is 21.6. The van der Waals surface area contributed by atoms with E-state index in [0.29, 0.717) is 44.1 Å². The Morgan fingerprint density at radius 2 is 1.21 bits per heavy atom. The number of ether oxygens (including phenoxy) is 2. The molecule has 396 valence electrons. The molecule has 71 heavy (non-hydrogen) atoms. The van der Waals surface area contributed by atoms with Crippen molar-refractivity contribution in [2.75, 3.05) is 6.54 Å². The van der Waals surface area contributed by atoms with Crippen LogP contribution in [0.3, 0.4) is 0 Å². The summed E-state index contributed by atoms with van der Waals surface area (Å²) in [5, 5.41) is 18.5. The minimum atomic E-state index is -1.54. The molecule has 15 heteroatoms. The van der Waals surface area contributed by atoms with Gasteiger partial charge in [0.2, 0.25) is 17.7 Å². The van der Waals surface area contributed by atoms with Gasteiger partial charge in [-0.1, -0.05) is 102 Å². The first-order chi connectivity index (χ1) is 33.2. The van der Waals surface area contributed by atoms with E-state index in [1.54, 1.807) is 60.6 Å². The standard InChI is InChI=1S/C56H86N4O11/c1-12-13-19-39-23-25-40(26-24-39)41-27-29-42(30-28-41)46(61)35-43(20-15-14-16-22-49(64)70-55(6,7)8)53(68)59-44(21-17-18-31-58-54(69)71-56(9,10)11)47(62)34-38(5)52(67)60-45(32-36(2)3)48(63)33-37(4)50(65)51(57)66/h23-30,36-38,43-45,50,65H,12-22,31-35H2,1-11H3,(H2,57,66)(H,58,69)(H,59,68)(H,60,67)/t37-,38-,43-,44+,45+,50?/m1/s1. The Kier molecular flexibility index (Phi) is 26.4. The van der Waals surface area contributed by atoms with Gasteiger partial charge in [-0.25, -0.2) is 4.79 Å². The molecule has 0 bridgehead atoms. The van der Waals surface area contributed by atoms with Gasteiger partial charge < -0.3 is 36.3 Å². The molecule has 2 aromatic rings. The Balaban J connectivity index is 2.35. The Morgan fingerprint density at radius 1 is 0.648 bits per heavy atom. The van der Waals surface area contributed by atoms with Crippen molar-refractivity contribution in [1.82, 2.24) is 16.0 Å². The number of benzene rings is 2. The highest BCUT2D eigenvalue weighted by molar-refractivity contribution is 6.00. The molecule has 6 atom stereocenters. The molecule has 1 unspecified atom stereocenters. The van der Waals surface area contributed by atoms with Crippen LogP contribution in [-0.2, 0) is 44.7 Å². The van der Waals surface area contributed by atoms with Crippen molar-refractivity contribution in [3.05, 3.63) is 59.7 Å². The SMILES string of the molecule is CCCCc1ccc(-c2ccc(C(=O)C[C@@H](CCCCCC(=O)OC(C)(C)C)C(=O)N[C@@H](CCCCNC(=O)OC(C)(C)C)C(=O)C[C@@H](C)C(=O)N[C@@H](CC(C)C)C(=O)C[C@@H](C)C(O)C(N)=O)cc2)cc1. The van der Waals surface area contributed by atoms with Crippen molar-refractivity contribution in [2.45, 2.75) is 202 Å². The highest BCUT2D eigenvalue weighted by Crippen LogP contribution is 2.25. The summed E-state index contributed by atoms with van der Waals surface area (Å²) >= 11 is 0. The van der Waals surface area contributed by atoms with E-state index in [-0.39, 0.29) is 62.7 Å². The molecule has 0 fully saturated rings. The quantitative estimate of drug-likeness (QED) is 0.0263. The summed E-state index contributed by atoms with van der Waals surface area (Å²) in [5.41, 5.74) is 7.61. The molecule has 6 N–H and O–H groups in total. The first-order valence-electron chi connectivity index (χ1n) is 25.7. The Bertz CT molecular complexity index is 2040. The van der Waals surface area contributed by atoms with Crippen molar-refractivity contribution in [1.29, 1.82) is 0 Å². The fraction of sp³-hybridized carbons (Fsp3) is 0.643. The molecule has 0 saturated carbocycles. The molecule has 4 amide bonds. The number of alkyl carbamates (subject to hydrolysis) is 1. The van der Waals surface area contributed by atoms with Crippen molar-refractivity contribution < 1.29 is 52.9 Å². The molecule has 0 spiro atoms. The number of nitrogens with one attached hydrogen (secondary N) is 3. The van der Waals surface area contributed by atoms with Gasteiger partial charge in [0.15, 0.2) is 17.3 Å². The van der Waals surface area contributed by atoms with Gasteiger partial charge in [0.1, 0.15) is 17.3 Å². The van der Waals surface area contributed by atoms with Crippen molar-refractivity contribution in [3.8, 4) is 11.1 Å². The number of rotatable bonds is 32. The Labute approximate surface area is 423 Å². The molecule has 0 heterocycles. The van der Waals surface area contributed by atoms with Crippen molar-refractivity contribution in [2.24, 2.45) is 29.4 Å². The van der Waals surface area contributed by atoms with E-state index in [2.05, 4.69) is 47.1 Å². The van der Waals surface area contributed by atoms with E-state index in [1.807, 2.05) is 26.0 Å². The molecule has 2 rings (SSSR count). The average molecular weight is 991 g/mol. The molecule has 15 nitrogen and oxygen atoms in total. The lowest BCUT2D eigenvalue weighted by Crippen LogP contribution is -2.47. The molecule has 0 saturated heterocycles. The number of ketones is 3. The van der Waals surface area contributed by atoms with Crippen LogP contribution < -0.4 is 21.7 Å². The summed E-state index contributed by atoms with van der Waals surface area (Å²) in [6, 6.07) is 13.7. The summed E-state index contributed by atoms with van der Waals surface area (Å²) in [6.07, 6.45) is 3.91. The maximum Gasteiger partial charge on any atom is 0.407 e. The zero-order chi connectivity index (χ0) is 53.5. The number of unbranched alkanes of at least 4 members (excludes halogenated alkanes) is 4. The number of hydrogen-bond donors (Lipinski definition) is 5. The van der Waals surface area contributed by atoms with Crippen LogP contribution in [0.15, 0.2) is 48.5 Å². The normalized spacial score (nSPS) is 14.3. The first-order valence-corrected chi connectivity index (χ1v) is 25.7. The lowest BCUT2D eigenvalue weighted by atomic mass is 9.90. The molecule has 2 aromatic carbocycles. The number of aryl methyl sites for hydroxylation is 1. The predicted molar refractivity (Wildman–Crippen MR) is 276 cm³/mol. The van der Waals surface area contributed by atoms with E-state index in [0.717, 1.165) is 30.4 Å². The van der Waals surface area contributed by atoms with Crippen LogP contribution in [0, 0.1) is 23.7 Å². The summed E-state index contributed by atoms with van der Waals surface area (Å²) in [5.74, 6) is -5.94. The van der Waals surface area contributed by atoms with Crippen LogP contribution in [0.1, 0.15) is 182 Å². The van der Waals surface area contributed by atoms with Crippen LogP contribution >= 0.6 is 0 Å². The topological polar surface area (TPSA) is 237 Å². The van der Waals surface area contributed by atoms with Gasteiger partial charge in [-0.15, -0.1) is 0 Å². The number of amides is 4. The number of aliphatic hydroxyl groups is 1. The summed E-state index contributed by atoms with van der Waals surface area (Å²) < 4.78 is 10.8. The second kappa shape index (κ2) is 30.4. The van der Waals surface area contributed by atoms with Crippen LogP contribution in [0.4, 0.5) is 4.79 Å². The number of primary amides is 1. The Hall–Kier alpha value is -5.44. The van der Waals surface area contributed by atoms with Gasteiger partial charge in [-0.2, -0.15) is 0 Å². The zero-order valence-corrected chi connectivity index (χ0v) is 44.6. The van der Waals surface area contributed by atoms with E-state index in [9.17, 15) is 43.5 Å². The second-order valence-corrected chi connectivity index (χ2v) is 21.6. The van der Waals surface area contributed by atoms with Gasteiger partial charge in [-0.3, -0.25) is 33.6 Å². The van der Waals surface area contributed by atoms with Gasteiger partial charge in [0, 0.05) is 49.6 Å². The van der Waals surface area contributed by atoms with Gasteiger partial charge in [0.25, 0.3) is 0 Å². The van der Waals surface area contributed by atoms with E-state index >= 15 is 0 Å². The lowest BCUT2D eigenvalue weighted by molar-refractivity contribution is -0.155. The van der Waals surface area contributed by atoms with Gasteiger partial charge in [-0.05, 0) is 121 Å². The number of aliphatic hydroxyl groups excluding tert-OH is 1. The predicted octanol–water partition coefficient (Wildman–Crippen LogP) is 8.92. The van der Waals surface area contributed by atoms with Crippen LogP contribution in [-0.4, -0.2) is 88.2 Å². The largest absolute Gasteiger partial charge is 0.460 e. The Morgan fingerprint density at radius 3 is 1.77 bits per heavy atom. The minimum absolute atomic E-state index is 0.0100. The van der Waals surface area contributed by atoms with Gasteiger partial charge in [0.05, 0.1) is 12.1 Å². The monoisotopic (exact) mass is 991 g/mol. The highest BCUT2D eigenvalue weighted by Gasteiger charge is 2.32. The summed E-state index contributed by atoms with van der Waals surface area (Å²) in [4.78, 5) is 106. The molecule has 0 aliphatic carbocycles. The first kappa shape index (κ1) is 61.7. The van der Waals surface area contributed by atoms with E-state index in [1.165, 1.54) is 12.5 Å². The van der Waals surface area contributed by atoms with Crippen LogP contribution in [0.25, 0.3) is 11.1 Å². The van der Waals surface area contributed by atoms with Crippen molar-refractivity contribution in [3.63, 3.8) is 0 Å². The third-order valence-corrected chi connectivity index (χ3v) is 12.0. The fourth-order valence-electron chi connectivity index (χ4n) is 8.02. The van der Waals surface area contributed by atoms with Gasteiger partial charge >= 0.3 is 12.1 Å². The minimum Gasteiger partial charge on any atom is -0.460 e. The third-order valence-electron chi connectivity index (χ3n) is 12.0.